The van der Waals surface area contributed by atoms with Crippen LogP contribution in [0, 0.1) is 0 Å². The number of anilines is 1. The molecule has 0 unspecified atom stereocenters. The van der Waals surface area contributed by atoms with Gasteiger partial charge in [-0.1, -0.05) is 0 Å². The average Bonchev–Trinajstić information content (AvgIpc) is 2.75. The van der Waals surface area contributed by atoms with Crippen molar-refractivity contribution in [3.05, 3.63) is 36.8 Å². The second-order valence-electron chi connectivity index (χ2n) is 4.48. The minimum absolute atomic E-state index is 0.153. The maximum absolute atomic E-state index is 11.2. The van der Waals surface area contributed by atoms with Gasteiger partial charge in [0.05, 0.1) is 5.39 Å². The molecule has 6 nitrogen and oxygen atoms in total. The third kappa shape index (κ3) is 2.11. The molecular weight excluding hydrogens is 254 g/mol. The molecule has 0 aliphatic rings. The molecule has 1 amide bonds. The van der Waals surface area contributed by atoms with Crippen LogP contribution in [0.2, 0.25) is 0 Å². The minimum Gasteiger partial charge on any atom is -0.309 e. The predicted octanol–water partition coefficient (Wildman–Crippen LogP) is 1.99. The fraction of sp³-hybridized carbons (Fsp3) is 0.143. The molecule has 0 aromatic carbocycles. The summed E-state index contributed by atoms with van der Waals surface area (Å²) in [7, 11) is 1.80. The lowest BCUT2D eigenvalue weighted by atomic mass is 10.1. The van der Waals surface area contributed by atoms with Gasteiger partial charge in [0.2, 0.25) is 5.91 Å². The van der Waals surface area contributed by atoms with Gasteiger partial charge in [0.15, 0.2) is 11.5 Å². The van der Waals surface area contributed by atoms with Crippen LogP contribution in [0.25, 0.3) is 22.2 Å². The Bertz CT molecular complexity index is 779. The summed E-state index contributed by atoms with van der Waals surface area (Å²) in [5.74, 6) is 0.373. The maximum atomic E-state index is 11.2. The number of carbonyl (C=O) groups excluding carboxylic acids is 1. The Morgan fingerprint density at radius 1 is 1.25 bits per heavy atom. The molecule has 0 aliphatic carbocycles. The number of hydrogen-bond acceptors (Lipinski definition) is 4. The molecule has 6 heteroatoms. The molecule has 3 heterocycles. The topological polar surface area (TPSA) is 72.7 Å². The van der Waals surface area contributed by atoms with E-state index in [2.05, 4.69) is 20.4 Å². The van der Waals surface area contributed by atoms with Crippen LogP contribution in [-0.2, 0) is 11.8 Å². The van der Waals surface area contributed by atoms with Crippen molar-refractivity contribution in [2.24, 2.45) is 7.05 Å². The third-order valence-corrected chi connectivity index (χ3v) is 2.99. The molecule has 1 N–H and O–H groups in total. The van der Waals surface area contributed by atoms with Gasteiger partial charge >= 0.3 is 0 Å². The van der Waals surface area contributed by atoms with Crippen LogP contribution in [0.3, 0.4) is 0 Å². The van der Waals surface area contributed by atoms with Gasteiger partial charge in [-0.3, -0.25) is 9.78 Å². The monoisotopic (exact) mass is 267 g/mol. The molecule has 0 aliphatic heterocycles. The third-order valence-electron chi connectivity index (χ3n) is 2.99. The number of aryl methyl sites for hydroxylation is 1. The van der Waals surface area contributed by atoms with E-state index in [1.54, 1.807) is 30.3 Å². The fourth-order valence-corrected chi connectivity index (χ4v) is 2.10. The Labute approximate surface area is 115 Å². The van der Waals surface area contributed by atoms with Gasteiger partial charge in [-0.15, -0.1) is 0 Å². The summed E-state index contributed by atoms with van der Waals surface area (Å²) in [6.45, 7) is 1.46. The standard InChI is InChI=1S/C14H13N5O/c1-9(20)17-13-12-7-11(10-3-5-15-6-4-10)8-16-14(12)19(2)18-13/h3-8H,1-2H3,(H,17,18,20). The van der Waals surface area contributed by atoms with E-state index < -0.39 is 0 Å². The van der Waals surface area contributed by atoms with E-state index in [-0.39, 0.29) is 5.91 Å². The van der Waals surface area contributed by atoms with Gasteiger partial charge in [0.25, 0.3) is 0 Å². The number of carbonyl (C=O) groups is 1. The summed E-state index contributed by atoms with van der Waals surface area (Å²) in [4.78, 5) is 19.6. The summed E-state index contributed by atoms with van der Waals surface area (Å²) >= 11 is 0. The lowest BCUT2D eigenvalue weighted by molar-refractivity contribution is -0.114. The van der Waals surface area contributed by atoms with Crippen LogP contribution >= 0.6 is 0 Å². The highest BCUT2D eigenvalue weighted by atomic mass is 16.1. The fourth-order valence-electron chi connectivity index (χ4n) is 2.10. The average molecular weight is 267 g/mol. The first-order valence-corrected chi connectivity index (χ1v) is 6.16. The Balaban J connectivity index is 2.16. The number of pyridine rings is 2. The van der Waals surface area contributed by atoms with Crippen LogP contribution in [0.15, 0.2) is 36.8 Å². The largest absolute Gasteiger partial charge is 0.309 e. The highest BCUT2D eigenvalue weighted by Crippen LogP contribution is 2.26. The molecule has 3 rings (SSSR count). The van der Waals surface area contributed by atoms with Crippen LogP contribution < -0.4 is 5.32 Å². The van der Waals surface area contributed by atoms with E-state index in [0.717, 1.165) is 22.2 Å². The highest BCUT2D eigenvalue weighted by molar-refractivity contribution is 5.99. The molecule has 0 fully saturated rings. The molecule has 3 aromatic heterocycles. The first kappa shape index (κ1) is 12.3. The SMILES string of the molecule is CC(=O)Nc1nn(C)c2ncc(-c3ccncc3)cc12. The van der Waals surface area contributed by atoms with Crippen LogP contribution in [0.5, 0.6) is 0 Å². The molecule has 3 aromatic rings. The van der Waals surface area contributed by atoms with Crippen LogP contribution in [0.1, 0.15) is 6.92 Å². The van der Waals surface area contributed by atoms with Crippen molar-refractivity contribution in [2.75, 3.05) is 5.32 Å². The Kier molecular flexibility index (Phi) is 2.90. The van der Waals surface area contributed by atoms with Crippen LogP contribution in [0.4, 0.5) is 5.82 Å². The molecule has 20 heavy (non-hydrogen) atoms. The van der Waals surface area contributed by atoms with Gasteiger partial charge in [0.1, 0.15) is 0 Å². The van der Waals surface area contributed by atoms with Gasteiger partial charge in [-0.05, 0) is 23.8 Å². The Morgan fingerprint density at radius 2 is 2.00 bits per heavy atom. The zero-order chi connectivity index (χ0) is 14.1. The summed E-state index contributed by atoms with van der Waals surface area (Å²) < 4.78 is 1.65. The Hall–Kier alpha value is -2.76. The molecule has 0 bridgehead atoms. The van der Waals surface area contributed by atoms with Crippen molar-refractivity contribution in [1.29, 1.82) is 0 Å². The number of fused-ring (bicyclic) bond motifs is 1. The van der Waals surface area contributed by atoms with Crippen molar-refractivity contribution < 1.29 is 4.79 Å². The van der Waals surface area contributed by atoms with Gasteiger partial charge in [0, 0.05) is 38.1 Å². The zero-order valence-electron chi connectivity index (χ0n) is 11.2. The number of rotatable bonds is 2. The van der Waals surface area contributed by atoms with E-state index >= 15 is 0 Å². The number of amides is 1. The second kappa shape index (κ2) is 4.73. The van der Waals surface area contributed by atoms with Gasteiger partial charge in [-0.2, -0.15) is 5.10 Å². The van der Waals surface area contributed by atoms with Crippen molar-refractivity contribution in [2.45, 2.75) is 6.92 Å². The van der Waals surface area contributed by atoms with Crippen molar-refractivity contribution >= 4 is 22.8 Å². The van der Waals surface area contributed by atoms with Crippen molar-refractivity contribution in [1.82, 2.24) is 19.7 Å². The van der Waals surface area contributed by atoms with E-state index in [1.807, 2.05) is 18.2 Å². The first-order valence-electron chi connectivity index (χ1n) is 6.16. The number of aromatic nitrogens is 4. The van der Waals surface area contributed by atoms with Crippen LogP contribution in [-0.4, -0.2) is 25.7 Å². The Morgan fingerprint density at radius 3 is 2.70 bits per heavy atom. The van der Waals surface area contributed by atoms with Crippen molar-refractivity contribution in [3.63, 3.8) is 0 Å². The zero-order valence-corrected chi connectivity index (χ0v) is 11.2. The number of nitrogens with zero attached hydrogens (tertiary/aromatic N) is 4. The summed E-state index contributed by atoms with van der Waals surface area (Å²) in [6, 6.07) is 5.80. The summed E-state index contributed by atoms with van der Waals surface area (Å²) in [5.41, 5.74) is 2.71. The lowest BCUT2D eigenvalue weighted by Gasteiger charge is -2.02. The lowest BCUT2D eigenvalue weighted by Crippen LogP contribution is -2.06. The highest BCUT2D eigenvalue weighted by Gasteiger charge is 2.12. The molecule has 100 valence electrons. The quantitative estimate of drug-likeness (QED) is 0.770. The second-order valence-corrected chi connectivity index (χ2v) is 4.48. The summed E-state index contributed by atoms with van der Waals surface area (Å²) in [5, 5.41) is 7.82. The maximum Gasteiger partial charge on any atom is 0.222 e. The minimum atomic E-state index is -0.153. The first-order chi connectivity index (χ1) is 9.65. The van der Waals surface area contributed by atoms with E-state index in [9.17, 15) is 4.79 Å². The number of nitrogens with one attached hydrogen (secondary N) is 1. The van der Waals surface area contributed by atoms with Gasteiger partial charge < -0.3 is 5.32 Å². The normalized spacial score (nSPS) is 10.7. The molecule has 0 radical (unpaired) electrons. The summed E-state index contributed by atoms with van der Waals surface area (Å²) in [6.07, 6.45) is 5.26. The van der Waals surface area contributed by atoms with Crippen molar-refractivity contribution in [3.8, 4) is 11.1 Å². The molecular formula is C14H13N5O. The van der Waals surface area contributed by atoms with E-state index in [4.69, 9.17) is 0 Å². The number of hydrogen-bond donors (Lipinski definition) is 1. The van der Waals surface area contributed by atoms with Gasteiger partial charge in [-0.25, -0.2) is 9.67 Å². The molecule has 0 atom stereocenters. The smallest absolute Gasteiger partial charge is 0.222 e. The molecule has 0 spiro atoms. The predicted molar refractivity (Wildman–Crippen MR) is 76.0 cm³/mol. The van der Waals surface area contributed by atoms with E-state index in [1.165, 1.54) is 6.92 Å². The molecule has 0 saturated heterocycles. The van der Waals surface area contributed by atoms with E-state index in [0.29, 0.717) is 5.82 Å². The molecule has 0 saturated carbocycles.